The zero-order valence-electron chi connectivity index (χ0n) is 22.7. The molecule has 0 radical (unpaired) electrons. The summed E-state index contributed by atoms with van der Waals surface area (Å²) < 4.78 is 49.7. The molecule has 1 aromatic carbocycles. The van der Waals surface area contributed by atoms with Gasteiger partial charge in [-0.15, -0.1) is 11.8 Å². The average Bonchev–Trinajstić information content (AvgIpc) is 3.28. The minimum atomic E-state index is -4.70. The first-order chi connectivity index (χ1) is 18.7. The number of thioether (sulfide) groups is 1. The normalized spacial score (nSPS) is 22.0. The Bertz CT molecular complexity index is 1490. The van der Waals surface area contributed by atoms with E-state index in [1.165, 1.54) is 27.7 Å². The molecule has 3 atom stereocenters. The molecule has 1 fully saturated rings. The molecule has 7 nitrogen and oxygen atoms in total. The van der Waals surface area contributed by atoms with Crippen molar-refractivity contribution in [3.8, 4) is 0 Å². The largest absolute Gasteiger partial charge is 0.444 e. The van der Waals surface area contributed by atoms with Crippen molar-refractivity contribution in [1.29, 1.82) is 0 Å². The van der Waals surface area contributed by atoms with Crippen LogP contribution in [0.5, 0.6) is 0 Å². The Morgan fingerprint density at radius 3 is 2.40 bits per heavy atom. The number of alkyl halides is 3. The minimum Gasteiger partial charge on any atom is -0.444 e. The molecule has 13 heteroatoms. The standard InChI is InChI=1S/C27H30ClF3N4O3S2/c1-14-9-33(10-15(2)35(14)25(37)38-26(3,4)5)23-18-8-19(27(29,30)31)20(28)22-21(18)34(24(36)32-23)11-17(13-40-22)16-6-7-39-12-16/h6-8,12,14-15,17H,9-11,13H2,1-5H3/t14-,15-,17-/m1/s1. The van der Waals surface area contributed by atoms with Gasteiger partial charge in [-0.2, -0.15) is 29.5 Å². The van der Waals surface area contributed by atoms with Gasteiger partial charge in [0.25, 0.3) is 0 Å². The van der Waals surface area contributed by atoms with E-state index in [1.54, 1.807) is 30.6 Å². The quantitative estimate of drug-likeness (QED) is 0.314. The van der Waals surface area contributed by atoms with Gasteiger partial charge in [-0.05, 0) is 63.1 Å². The molecule has 2 aliphatic rings. The monoisotopic (exact) mass is 614 g/mol. The summed E-state index contributed by atoms with van der Waals surface area (Å²) in [5, 5.41) is 3.74. The van der Waals surface area contributed by atoms with E-state index in [9.17, 15) is 22.8 Å². The van der Waals surface area contributed by atoms with Gasteiger partial charge in [0, 0.05) is 36.7 Å². The van der Waals surface area contributed by atoms with Gasteiger partial charge in [0.2, 0.25) is 0 Å². The van der Waals surface area contributed by atoms with E-state index in [0.717, 1.165) is 11.6 Å². The van der Waals surface area contributed by atoms with Crippen molar-refractivity contribution in [2.45, 2.75) is 75.8 Å². The average molecular weight is 615 g/mol. The van der Waals surface area contributed by atoms with Gasteiger partial charge in [-0.25, -0.2) is 9.59 Å². The van der Waals surface area contributed by atoms with Gasteiger partial charge in [0.15, 0.2) is 0 Å². The lowest BCUT2D eigenvalue weighted by atomic mass is 10.0. The topological polar surface area (TPSA) is 67.7 Å². The molecule has 0 aliphatic carbocycles. The van der Waals surface area contributed by atoms with E-state index < -0.39 is 34.1 Å². The zero-order chi connectivity index (χ0) is 29.1. The number of rotatable bonds is 2. The third-order valence-corrected chi connectivity index (χ3v) is 9.57. The number of hydrogen-bond acceptors (Lipinski definition) is 7. The smallest absolute Gasteiger partial charge is 0.417 e. The fourth-order valence-corrected chi connectivity index (χ4v) is 7.87. The maximum absolute atomic E-state index is 14.2. The van der Waals surface area contributed by atoms with E-state index in [2.05, 4.69) is 4.98 Å². The van der Waals surface area contributed by atoms with Crippen LogP contribution in [0, 0.1) is 0 Å². The van der Waals surface area contributed by atoms with Gasteiger partial charge in [0.1, 0.15) is 11.4 Å². The molecule has 0 unspecified atom stereocenters. The summed E-state index contributed by atoms with van der Waals surface area (Å²) in [6, 6.07) is 2.28. The van der Waals surface area contributed by atoms with Crippen molar-refractivity contribution in [1.82, 2.24) is 14.5 Å². The second-order valence-electron chi connectivity index (χ2n) is 11.3. The number of hydrogen-bond donors (Lipinski definition) is 0. The van der Waals surface area contributed by atoms with Crippen LogP contribution < -0.4 is 10.6 Å². The fraction of sp³-hybridized carbons (Fsp3) is 0.519. The van der Waals surface area contributed by atoms with Crippen LogP contribution in [0.1, 0.15) is 51.7 Å². The predicted octanol–water partition coefficient (Wildman–Crippen LogP) is 6.85. The lowest BCUT2D eigenvalue weighted by Gasteiger charge is -2.45. The number of halogens is 4. The van der Waals surface area contributed by atoms with Crippen LogP contribution >= 0.6 is 34.7 Å². The highest BCUT2D eigenvalue weighted by Crippen LogP contribution is 2.47. The van der Waals surface area contributed by atoms with Crippen molar-refractivity contribution >= 4 is 57.5 Å². The lowest BCUT2D eigenvalue weighted by Crippen LogP contribution is -2.59. The third-order valence-electron chi connectivity index (χ3n) is 7.11. The number of aromatic nitrogens is 2. The van der Waals surface area contributed by atoms with Gasteiger partial charge >= 0.3 is 18.0 Å². The Morgan fingerprint density at radius 1 is 1.15 bits per heavy atom. The summed E-state index contributed by atoms with van der Waals surface area (Å²) in [5.74, 6) is 0.531. The second-order valence-corrected chi connectivity index (χ2v) is 13.5. The van der Waals surface area contributed by atoms with Crippen molar-refractivity contribution in [3.05, 3.63) is 49.5 Å². The number of carbonyl (C=O) groups is 1. The number of carbonyl (C=O) groups excluding carboxylic acids is 1. The van der Waals surface area contributed by atoms with E-state index in [4.69, 9.17) is 16.3 Å². The van der Waals surface area contributed by atoms with Crippen LogP contribution in [0.25, 0.3) is 10.9 Å². The Kier molecular flexibility index (Phi) is 7.58. The highest BCUT2D eigenvalue weighted by molar-refractivity contribution is 7.99. The fourth-order valence-electron chi connectivity index (χ4n) is 5.45. The molecule has 216 valence electrons. The minimum absolute atomic E-state index is 0.0972. The van der Waals surface area contributed by atoms with E-state index >= 15 is 0 Å². The number of benzene rings is 1. The molecular formula is C27H30ClF3N4O3S2. The van der Waals surface area contributed by atoms with Crippen molar-refractivity contribution in [3.63, 3.8) is 0 Å². The Balaban J connectivity index is 1.63. The predicted molar refractivity (Wildman–Crippen MR) is 153 cm³/mol. The van der Waals surface area contributed by atoms with Crippen LogP contribution in [-0.2, 0) is 17.5 Å². The summed E-state index contributed by atoms with van der Waals surface area (Å²) in [6.45, 7) is 9.85. The number of thiophene rings is 1. The van der Waals surface area contributed by atoms with Gasteiger partial charge < -0.3 is 9.64 Å². The number of piperazine rings is 1. The molecule has 5 rings (SSSR count). The Labute approximate surface area is 243 Å². The van der Waals surface area contributed by atoms with E-state index in [0.29, 0.717) is 11.3 Å². The van der Waals surface area contributed by atoms with Gasteiger partial charge in [0.05, 0.1) is 33.1 Å². The summed E-state index contributed by atoms with van der Waals surface area (Å²) in [4.78, 5) is 34.5. The maximum atomic E-state index is 14.2. The number of amides is 1. The molecule has 0 N–H and O–H groups in total. The van der Waals surface area contributed by atoms with Crippen LogP contribution in [0.2, 0.25) is 5.02 Å². The summed E-state index contributed by atoms with van der Waals surface area (Å²) in [6.07, 6.45) is -5.16. The number of ether oxygens (including phenoxy) is 1. The van der Waals surface area contributed by atoms with E-state index in [-0.39, 0.29) is 53.7 Å². The molecule has 1 saturated heterocycles. The highest BCUT2D eigenvalue weighted by Gasteiger charge is 2.40. The first kappa shape index (κ1) is 29.1. The molecule has 4 heterocycles. The van der Waals surface area contributed by atoms with Crippen molar-refractivity contribution < 1.29 is 22.7 Å². The molecule has 2 aromatic heterocycles. The first-order valence-corrected chi connectivity index (χ1v) is 15.2. The highest BCUT2D eigenvalue weighted by atomic mass is 35.5. The SMILES string of the molecule is C[C@@H]1CN(c2nc(=O)n3c4c(c(Cl)c(C(F)(F)F)cc24)SC[C@H](c2ccsc2)C3)C[C@@H](C)N1C(=O)OC(C)(C)C. The lowest BCUT2D eigenvalue weighted by molar-refractivity contribution is -0.137. The summed E-state index contributed by atoms with van der Waals surface area (Å²) >= 11 is 9.18. The van der Waals surface area contributed by atoms with Gasteiger partial charge in [-0.3, -0.25) is 9.47 Å². The van der Waals surface area contributed by atoms with Crippen LogP contribution in [-0.4, -0.2) is 57.1 Å². The molecular weight excluding hydrogens is 585 g/mol. The Morgan fingerprint density at radius 2 is 1.82 bits per heavy atom. The molecule has 3 aromatic rings. The summed E-state index contributed by atoms with van der Waals surface area (Å²) in [5.41, 5.74) is -0.796. The molecule has 0 bridgehead atoms. The zero-order valence-corrected chi connectivity index (χ0v) is 25.1. The molecule has 40 heavy (non-hydrogen) atoms. The van der Waals surface area contributed by atoms with Crippen molar-refractivity contribution in [2.24, 2.45) is 0 Å². The van der Waals surface area contributed by atoms with Crippen molar-refractivity contribution in [2.75, 3.05) is 23.7 Å². The molecule has 2 aliphatic heterocycles. The second kappa shape index (κ2) is 10.4. The number of nitrogens with zero attached hydrogens (tertiary/aromatic N) is 4. The summed E-state index contributed by atoms with van der Waals surface area (Å²) in [7, 11) is 0. The number of anilines is 1. The Hall–Kier alpha value is -2.44. The van der Waals surface area contributed by atoms with E-state index in [1.807, 2.05) is 30.7 Å². The first-order valence-electron chi connectivity index (χ1n) is 12.9. The van der Waals surface area contributed by atoms with Gasteiger partial charge in [-0.1, -0.05) is 11.6 Å². The third kappa shape index (κ3) is 5.42. The van der Waals surface area contributed by atoms with Crippen LogP contribution in [0.15, 0.2) is 32.6 Å². The van der Waals surface area contributed by atoms with Crippen LogP contribution in [0.3, 0.4) is 0 Å². The molecule has 0 spiro atoms. The maximum Gasteiger partial charge on any atom is 0.417 e. The molecule has 0 saturated carbocycles. The molecule has 1 amide bonds. The van der Waals surface area contributed by atoms with Crippen LogP contribution in [0.4, 0.5) is 23.8 Å².